The third-order valence-electron chi connectivity index (χ3n) is 4.45. The second kappa shape index (κ2) is 7.33. The van der Waals surface area contributed by atoms with Crippen LogP contribution in [0.2, 0.25) is 0 Å². The molecular weight excluding hydrogens is 336 g/mol. The number of aliphatic hydroxyl groups is 1. The van der Waals surface area contributed by atoms with Gasteiger partial charge < -0.3 is 30.0 Å². The fraction of sp³-hybridized carbons (Fsp3) is 0.316. The summed E-state index contributed by atoms with van der Waals surface area (Å²) in [5.74, 6) is 0.599. The Morgan fingerprint density at radius 3 is 2.50 bits per heavy atom. The van der Waals surface area contributed by atoms with E-state index in [9.17, 15) is 9.90 Å². The van der Waals surface area contributed by atoms with Gasteiger partial charge in [0.05, 0.1) is 12.6 Å². The Balaban J connectivity index is 1.44. The molecule has 2 fully saturated rings. The van der Waals surface area contributed by atoms with Gasteiger partial charge >= 0.3 is 6.03 Å². The minimum absolute atomic E-state index is 0.284. The molecule has 0 saturated carbocycles. The highest BCUT2D eigenvalue weighted by atomic mass is 16.7. The summed E-state index contributed by atoms with van der Waals surface area (Å²) in [4.78, 5) is 12.3. The van der Waals surface area contributed by atoms with Gasteiger partial charge in [-0.3, -0.25) is 0 Å². The molecule has 0 aromatic heterocycles. The van der Waals surface area contributed by atoms with Crippen molar-refractivity contribution in [3.63, 3.8) is 0 Å². The van der Waals surface area contributed by atoms with Crippen molar-refractivity contribution in [2.75, 3.05) is 11.9 Å². The summed E-state index contributed by atoms with van der Waals surface area (Å²) < 4.78 is 17.2. The third kappa shape index (κ3) is 3.50. The lowest BCUT2D eigenvalue weighted by Crippen LogP contribution is -2.62. The molecule has 2 heterocycles. The van der Waals surface area contributed by atoms with Crippen LogP contribution in [0.3, 0.4) is 0 Å². The van der Waals surface area contributed by atoms with E-state index in [-0.39, 0.29) is 6.61 Å². The second-order valence-corrected chi connectivity index (χ2v) is 6.25. The molecule has 4 rings (SSSR count). The Morgan fingerprint density at radius 2 is 1.77 bits per heavy atom. The molecule has 2 aliphatic heterocycles. The van der Waals surface area contributed by atoms with Crippen LogP contribution in [0.4, 0.5) is 10.5 Å². The maximum Gasteiger partial charge on any atom is 0.319 e. The van der Waals surface area contributed by atoms with Gasteiger partial charge in [0.25, 0.3) is 0 Å². The number of ether oxygens (including phenoxy) is 3. The molecule has 7 heteroatoms. The molecule has 0 radical (unpaired) electrons. The zero-order valence-corrected chi connectivity index (χ0v) is 13.9. The Morgan fingerprint density at radius 1 is 1.08 bits per heavy atom. The fourth-order valence-corrected chi connectivity index (χ4v) is 3.19. The smallest absolute Gasteiger partial charge is 0.319 e. The summed E-state index contributed by atoms with van der Waals surface area (Å²) in [6.07, 6.45) is -2.79. The fourth-order valence-electron chi connectivity index (χ4n) is 3.19. The first kappa shape index (κ1) is 16.8. The molecule has 7 nitrogen and oxygen atoms in total. The van der Waals surface area contributed by atoms with Crippen LogP contribution >= 0.6 is 0 Å². The van der Waals surface area contributed by atoms with Crippen LogP contribution in [-0.2, 0) is 9.47 Å². The molecule has 136 valence electrons. The standard InChI is InChI=1S/C19H20N2O5/c22-16-15(21-19(23)20-12-7-3-1-4-8-12)14-11-24-18(26-14)17(16)25-13-9-5-2-6-10-13/h1-10,14-18,22H,11H2,(H2,20,21,23)/t14-,15-,16-,17+,18+/m0/s1. The van der Waals surface area contributed by atoms with Gasteiger partial charge in [0.2, 0.25) is 0 Å². The second-order valence-electron chi connectivity index (χ2n) is 6.25. The number of fused-ring (bicyclic) bond motifs is 2. The number of urea groups is 1. The highest BCUT2D eigenvalue weighted by molar-refractivity contribution is 5.89. The van der Waals surface area contributed by atoms with Gasteiger partial charge in [-0.2, -0.15) is 0 Å². The van der Waals surface area contributed by atoms with Gasteiger partial charge in [-0.1, -0.05) is 36.4 Å². The number of aliphatic hydroxyl groups excluding tert-OH is 1. The Hall–Kier alpha value is -2.61. The predicted molar refractivity (Wildman–Crippen MR) is 93.9 cm³/mol. The Bertz CT molecular complexity index is 742. The zero-order valence-electron chi connectivity index (χ0n) is 13.9. The number of carbonyl (C=O) groups is 1. The van der Waals surface area contributed by atoms with E-state index in [1.54, 1.807) is 24.3 Å². The first-order valence-corrected chi connectivity index (χ1v) is 8.50. The van der Waals surface area contributed by atoms with Crippen LogP contribution in [0.15, 0.2) is 60.7 Å². The van der Waals surface area contributed by atoms with E-state index in [1.807, 2.05) is 36.4 Å². The molecule has 2 saturated heterocycles. The Labute approximate surface area is 150 Å². The summed E-state index contributed by atoms with van der Waals surface area (Å²) in [5, 5.41) is 16.3. The van der Waals surface area contributed by atoms with Gasteiger partial charge in [0.1, 0.15) is 18.0 Å². The topological polar surface area (TPSA) is 89.1 Å². The van der Waals surface area contributed by atoms with Crippen LogP contribution in [0, 0.1) is 0 Å². The lowest BCUT2D eigenvalue weighted by Gasteiger charge is -2.38. The minimum atomic E-state index is -0.969. The Kier molecular flexibility index (Phi) is 4.75. The van der Waals surface area contributed by atoms with Crippen LogP contribution in [-0.4, -0.2) is 48.4 Å². The molecule has 26 heavy (non-hydrogen) atoms. The molecule has 0 aliphatic carbocycles. The number of nitrogens with one attached hydrogen (secondary N) is 2. The minimum Gasteiger partial charge on any atom is -0.482 e. The molecular formula is C19H20N2O5. The van der Waals surface area contributed by atoms with Crippen molar-refractivity contribution in [3.05, 3.63) is 60.7 Å². The van der Waals surface area contributed by atoms with E-state index in [2.05, 4.69) is 10.6 Å². The number of amides is 2. The van der Waals surface area contributed by atoms with Crippen LogP contribution in [0.25, 0.3) is 0 Å². The number of rotatable bonds is 4. The average Bonchev–Trinajstić information content (AvgIpc) is 3.10. The maximum absolute atomic E-state index is 12.3. The summed E-state index contributed by atoms with van der Waals surface area (Å²) in [6, 6.07) is 17.1. The van der Waals surface area contributed by atoms with E-state index < -0.39 is 36.7 Å². The summed E-state index contributed by atoms with van der Waals surface area (Å²) in [7, 11) is 0. The summed E-state index contributed by atoms with van der Waals surface area (Å²) in [6.45, 7) is 0.284. The number of carbonyl (C=O) groups excluding carboxylic acids is 1. The van der Waals surface area contributed by atoms with Crippen molar-refractivity contribution in [2.45, 2.75) is 30.6 Å². The van der Waals surface area contributed by atoms with Crippen molar-refractivity contribution in [3.8, 4) is 5.75 Å². The molecule has 0 spiro atoms. The van der Waals surface area contributed by atoms with Crippen LogP contribution in [0.5, 0.6) is 5.75 Å². The molecule has 2 bridgehead atoms. The maximum atomic E-state index is 12.3. The van der Waals surface area contributed by atoms with E-state index in [4.69, 9.17) is 14.2 Å². The molecule has 5 atom stereocenters. The van der Waals surface area contributed by atoms with Crippen molar-refractivity contribution in [2.24, 2.45) is 0 Å². The van der Waals surface area contributed by atoms with Crippen molar-refractivity contribution >= 4 is 11.7 Å². The normalized spacial score (nSPS) is 29.8. The molecule has 2 aliphatic rings. The highest BCUT2D eigenvalue weighted by Crippen LogP contribution is 2.31. The van der Waals surface area contributed by atoms with Gasteiger partial charge in [-0.05, 0) is 24.3 Å². The van der Waals surface area contributed by atoms with Gasteiger partial charge in [0.15, 0.2) is 12.4 Å². The lowest BCUT2D eigenvalue weighted by molar-refractivity contribution is -0.192. The quantitative estimate of drug-likeness (QED) is 0.777. The van der Waals surface area contributed by atoms with E-state index in [0.29, 0.717) is 11.4 Å². The van der Waals surface area contributed by atoms with Gasteiger partial charge in [0, 0.05) is 5.69 Å². The first-order chi connectivity index (χ1) is 12.7. The molecule has 2 aromatic rings. The zero-order chi connectivity index (χ0) is 17.9. The summed E-state index contributed by atoms with van der Waals surface area (Å²) in [5.41, 5.74) is 0.661. The van der Waals surface area contributed by atoms with E-state index in [1.165, 1.54) is 0 Å². The number of hydrogen-bond acceptors (Lipinski definition) is 5. The lowest BCUT2D eigenvalue weighted by atomic mass is 9.98. The first-order valence-electron chi connectivity index (χ1n) is 8.50. The number of anilines is 1. The number of para-hydroxylation sites is 2. The van der Waals surface area contributed by atoms with Gasteiger partial charge in [-0.25, -0.2) is 4.79 Å². The van der Waals surface area contributed by atoms with E-state index in [0.717, 1.165) is 0 Å². The van der Waals surface area contributed by atoms with Crippen LogP contribution < -0.4 is 15.4 Å². The average molecular weight is 356 g/mol. The molecule has 2 amide bonds. The predicted octanol–water partition coefficient (Wildman–Crippen LogP) is 1.74. The molecule has 3 N–H and O–H groups in total. The third-order valence-corrected chi connectivity index (χ3v) is 4.45. The molecule has 2 aromatic carbocycles. The number of benzene rings is 2. The number of hydrogen-bond donors (Lipinski definition) is 3. The van der Waals surface area contributed by atoms with Gasteiger partial charge in [-0.15, -0.1) is 0 Å². The van der Waals surface area contributed by atoms with Crippen molar-refractivity contribution in [1.29, 1.82) is 0 Å². The van der Waals surface area contributed by atoms with Crippen molar-refractivity contribution < 1.29 is 24.1 Å². The summed E-state index contributed by atoms with van der Waals surface area (Å²) >= 11 is 0. The SMILES string of the molecule is O=C(Nc1ccccc1)N[C@@H]1[C@H](O)[C@@H](Oc2ccccc2)[C@@H]2OC[C@@H]1O2. The van der Waals surface area contributed by atoms with Crippen LogP contribution in [0.1, 0.15) is 0 Å². The largest absolute Gasteiger partial charge is 0.482 e. The highest BCUT2D eigenvalue weighted by Gasteiger charge is 2.52. The van der Waals surface area contributed by atoms with E-state index >= 15 is 0 Å². The monoisotopic (exact) mass is 356 g/mol. The molecule has 0 unspecified atom stereocenters. The van der Waals surface area contributed by atoms with Crippen molar-refractivity contribution in [1.82, 2.24) is 5.32 Å².